The van der Waals surface area contributed by atoms with Gasteiger partial charge in [-0.2, -0.15) is 0 Å². The van der Waals surface area contributed by atoms with Gasteiger partial charge in [0.2, 0.25) is 0 Å². The van der Waals surface area contributed by atoms with Gasteiger partial charge in [-0.3, -0.25) is 0 Å². The van der Waals surface area contributed by atoms with E-state index in [1.807, 2.05) is 0 Å². The zero-order valence-electron chi connectivity index (χ0n) is 20.4. The Morgan fingerprint density at radius 2 is 1.09 bits per heavy atom. The molecule has 33 heavy (non-hydrogen) atoms. The fraction of sp³-hybridized carbons (Fsp3) is 0.250. The van der Waals surface area contributed by atoms with Crippen LogP contribution < -0.4 is 0 Å². The van der Waals surface area contributed by atoms with Crippen molar-refractivity contribution in [2.45, 2.75) is 52.4 Å². The quantitative estimate of drug-likeness (QED) is 0.203. The summed E-state index contributed by atoms with van der Waals surface area (Å²) in [5.74, 6) is 0. The molecule has 0 saturated carbocycles. The van der Waals surface area contributed by atoms with Crippen LogP contribution in [0.3, 0.4) is 0 Å². The van der Waals surface area contributed by atoms with Crippen LogP contribution in [0, 0.1) is 0 Å². The van der Waals surface area contributed by atoms with Crippen LogP contribution in [-0.2, 0) is 10.8 Å². The summed E-state index contributed by atoms with van der Waals surface area (Å²) in [6.45, 7) is 13.7. The third-order valence-electron chi connectivity index (χ3n) is 6.82. The van der Waals surface area contributed by atoms with Crippen molar-refractivity contribution in [3.63, 3.8) is 0 Å². The average Bonchev–Trinajstić information content (AvgIpc) is 2.77. The Hall–Kier alpha value is -2.64. The molecular weight excluding hydrogens is 464 g/mol. The first-order valence-electron chi connectivity index (χ1n) is 11.7. The van der Waals surface area contributed by atoms with Crippen molar-refractivity contribution in [1.29, 1.82) is 0 Å². The van der Waals surface area contributed by atoms with Gasteiger partial charge in [0.05, 0.1) is 0 Å². The minimum atomic E-state index is 0.0897. The Balaban J connectivity index is 1.94. The van der Waals surface area contributed by atoms with Crippen LogP contribution in [0.2, 0.25) is 0 Å². The maximum Gasteiger partial charge on any atom is 0.0332 e. The number of rotatable bonds is 1. The highest BCUT2D eigenvalue weighted by Gasteiger charge is 2.21. The number of hydrogen-bond donors (Lipinski definition) is 0. The zero-order chi connectivity index (χ0) is 23.5. The van der Waals surface area contributed by atoms with E-state index in [1.54, 1.807) is 0 Å². The van der Waals surface area contributed by atoms with E-state index in [0.717, 1.165) is 0 Å². The number of fused-ring (bicyclic) bond motifs is 3. The molecule has 0 nitrogen and oxygen atoms in total. The fourth-order valence-corrected chi connectivity index (χ4v) is 5.44. The van der Waals surface area contributed by atoms with Gasteiger partial charge in [-0.25, -0.2) is 0 Å². The third kappa shape index (κ3) is 3.87. The SMILES string of the molecule is CC(C)(C)c1ccc2c(-c3ccc4ccccc4c3)c3cc(C(C)(C)C)ccc3c(Br)c2c1. The van der Waals surface area contributed by atoms with Gasteiger partial charge in [0, 0.05) is 4.47 Å². The van der Waals surface area contributed by atoms with Gasteiger partial charge < -0.3 is 0 Å². The van der Waals surface area contributed by atoms with Gasteiger partial charge in [0.15, 0.2) is 0 Å². The molecule has 0 aromatic heterocycles. The van der Waals surface area contributed by atoms with Crippen LogP contribution >= 0.6 is 15.9 Å². The summed E-state index contributed by atoms with van der Waals surface area (Å²) in [5.41, 5.74) is 5.49. The first-order chi connectivity index (χ1) is 15.5. The molecule has 0 aliphatic carbocycles. The first-order valence-corrected chi connectivity index (χ1v) is 12.5. The van der Waals surface area contributed by atoms with E-state index in [0.29, 0.717) is 0 Å². The van der Waals surface area contributed by atoms with Gasteiger partial charge in [0.1, 0.15) is 0 Å². The summed E-state index contributed by atoms with van der Waals surface area (Å²) in [5, 5.41) is 7.70. The Labute approximate surface area is 205 Å². The Kier molecular flexibility index (Phi) is 5.18. The van der Waals surface area contributed by atoms with Crippen LogP contribution in [0.4, 0.5) is 0 Å². The largest absolute Gasteiger partial charge is 0.0616 e. The Morgan fingerprint density at radius 1 is 0.515 bits per heavy atom. The van der Waals surface area contributed by atoms with Crippen LogP contribution in [0.25, 0.3) is 43.4 Å². The summed E-state index contributed by atoms with van der Waals surface area (Å²) in [7, 11) is 0. The highest BCUT2D eigenvalue weighted by atomic mass is 79.9. The molecule has 0 atom stereocenters. The molecule has 5 aromatic rings. The number of halogens is 1. The lowest BCUT2D eigenvalue weighted by Gasteiger charge is -2.23. The van der Waals surface area contributed by atoms with Gasteiger partial charge in [0.25, 0.3) is 0 Å². The first kappa shape index (κ1) is 22.2. The van der Waals surface area contributed by atoms with E-state index in [-0.39, 0.29) is 10.8 Å². The number of benzene rings is 5. The molecule has 0 aliphatic rings. The van der Waals surface area contributed by atoms with Crippen molar-refractivity contribution in [3.8, 4) is 11.1 Å². The van der Waals surface area contributed by atoms with Crippen LogP contribution in [-0.4, -0.2) is 0 Å². The molecule has 0 bridgehead atoms. The van der Waals surface area contributed by atoms with Gasteiger partial charge in [-0.1, -0.05) is 102 Å². The van der Waals surface area contributed by atoms with E-state index in [9.17, 15) is 0 Å². The maximum absolute atomic E-state index is 4.00. The predicted octanol–water partition coefficient (Wildman–Crippen LogP) is 10.2. The molecule has 166 valence electrons. The summed E-state index contributed by atoms with van der Waals surface area (Å²) in [6, 6.07) is 29.5. The highest BCUT2D eigenvalue weighted by molar-refractivity contribution is 9.10. The van der Waals surface area contributed by atoms with Crippen molar-refractivity contribution < 1.29 is 0 Å². The summed E-state index contributed by atoms with van der Waals surface area (Å²) in [4.78, 5) is 0. The second-order valence-electron chi connectivity index (χ2n) is 11.3. The van der Waals surface area contributed by atoms with Crippen LogP contribution in [0.5, 0.6) is 0 Å². The lowest BCUT2D eigenvalue weighted by molar-refractivity contribution is 0.590. The van der Waals surface area contributed by atoms with Crippen LogP contribution in [0.1, 0.15) is 52.7 Å². The van der Waals surface area contributed by atoms with Crippen molar-refractivity contribution in [2.24, 2.45) is 0 Å². The predicted molar refractivity (Wildman–Crippen MR) is 149 cm³/mol. The van der Waals surface area contributed by atoms with Crippen LogP contribution in [0.15, 0.2) is 83.3 Å². The molecule has 0 saturated heterocycles. The number of hydrogen-bond acceptors (Lipinski definition) is 0. The van der Waals surface area contributed by atoms with Crippen molar-refractivity contribution >= 4 is 48.2 Å². The summed E-state index contributed by atoms with van der Waals surface area (Å²) < 4.78 is 1.18. The Bertz CT molecular complexity index is 1520. The fourth-order valence-electron chi connectivity index (χ4n) is 4.77. The van der Waals surface area contributed by atoms with E-state index in [1.165, 1.54) is 59.0 Å². The monoisotopic (exact) mass is 494 g/mol. The normalized spacial score (nSPS) is 12.7. The average molecular weight is 496 g/mol. The molecule has 0 N–H and O–H groups in total. The van der Waals surface area contributed by atoms with E-state index in [4.69, 9.17) is 0 Å². The van der Waals surface area contributed by atoms with Crippen molar-refractivity contribution in [3.05, 3.63) is 94.5 Å². The van der Waals surface area contributed by atoms with E-state index < -0.39 is 0 Å². The standard InChI is InChI=1S/C32H31Br/c1-31(2,3)23-14-16-26-27(18-23)29(22-12-11-20-9-7-8-10-21(20)17-22)25-15-13-24(32(4,5)6)19-28(25)30(26)33/h7-19H,1-6H3. The molecular formula is C32H31Br. The minimum absolute atomic E-state index is 0.0897. The third-order valence-corrected chi connectivity index (χ3v) is 7.68. The molecule has 5 aromatic carbocycles. The van der Waals surface area contributed by atoms with Gasteiger partial charge in [-0.05, 0) is 99.5 Å². The second-order valence-corrected chi connectivity index (χ2v) is 12.1. The molecule has 0 heterocycles. The van der Waals surface area contributed by atoms with Gasteiger partial charge in [-0.15, -0.1) is 0 Å². The molecule has 1 heteroatoms. The zero-order valence-corrected chi connectivity index (χ0v) is 22.0. The van der Waals surface area contributed by atoms with Crippen molar-refractivity contribution in [1.82, 2.24) is 0 Å². The lowest BCUT2D eigenvalue weighted by Crippen LogP contribution is -2.11. The minimum Gasteiger partial charge on any atom is -0.0616 e. The molecule has 0 aliphatic heterocycles. The second kappa shape index (κ2) is 7.71. The highest BCUT2D eigenvalue weighted by Crippen LogP contribution is 2.44. The molecule has 0 fully saturated rings. The maximum atomic E-state index is 4.00. The van der Waals surface area contributed by atoms with E-state index >= 15 is 0 Å². The molecule has 5 rings (SSSR count). The van der Waals surface area contributed by atoms with Crippen molar-refractivity contribution in [2.75, 3.05) is 0 Å². The van der Waals surface area contributed by atoms with E-state index in [2.05, 4.69) is 136 Å². The molecule has 0 amide bonds. The lowest BCUT2D eigenvalue weighted by atomic mass is 9.82. The molecule has 0 spiro atoms. The topological polar surface area (TPSA) is 0 Å². The summed E-state index contributed by atoms with van der Waals surface area (Å²) >= 11 is 4.00. The Morgan fingerprint density at radius 3 is 1.73 bits per heavy atom. The molecule has 0 unspecified atom stereocenters. The smallest absolute Gasteiger partial charge is 0.0332 e. The summed E-state index contributed by atoms with van der Waals surface area (Å²) in [6.07, 6.45) is 0. The van der Waals surface area contributed by atoms with Gasteiger partial charge >= 0.3 is 0 Å². The molecule has 0 radical (unpaired) electrons.